The molecule has 1 rings (SSSR count). The molecule has 3 nitrogen and oxygen atoms in total. The van der Waals surface area contributed by atoms with E-state index in [-0.39, 0.29) is 12.6 Å². The lowest BCUT2D eigenvalue weighted by Gasteiger charge is -2.07. The van der Waals surface area contributed by atoms with Crippen molar-refractivity contribution < 1.29 is 14.3 Å². The van der Waals surface area contributed by atoms with Crippen LogP contribution >= 0.6 is 15.9 Å². The fraction of sp³-hybridized carbons (Fsp3) is 0.357. The third kappa shape index (κ3) is 5.36. The van der Waals surface area contributed by atoms with E-state index in [0.717, 1.165) is 16.6 Å². The molecule has 0 saturated carbocycles. The first-order valence-electron chi connectivity index (χ1n) is 5.85. The average Bonchev–Trinajstić information content (AvgIpc) is 2.35. The lowest BCUT2D eigenvalue weighted by molar-refractivity contribution is -0.139. The highest BCUT2D eigenvalue weighted by atomic mass is 79.9. The van der Waals surface area contributed by atoms with Crippen molar-refractivity contribution in [2.45, 2.75) is 20.3 Å². The van der Waals surface area contributed by atoms with Crippen molar-refractivity contribution in [2.24, 2.45) is 0 Å². The molecule has 0 atom stereocenters. The molecule has 98 valence electrons. The summed E-state index contributed by atoms with van der Waals surface area (Å²) < 4.78 is 11.5. The highest BCUT2D eigenvalue weighted by Crippen LogP contribution is 2.17. The highest BCUT2D eigenvalue weighted by molar-refractivity contribution is 9.10. The zero-order valence-electron chi connectivity index (χ0n) is 10.6. The molecule has 0 aliphatic rings. The monoisotopic (exact) mass is 312 g/mol. The van der Waals surface area contributed by atoms with Crippen LogP contribution in [0.3, 0.4) is 0 Å². The Hall–Kier alpha value is -1.29. The van der Waals surface area contributed by atoms with Gasteiger partial charge in [-0.3, -0.25) is 0 Å². The molecule has 0 aliphatic carbocycles. The molecular formula is C14H17BrO3. The van der Waals surface area contributed by atoms with Crippen LogP contribution in [-0.2, 0) is 9.53 Å². The van der Waals surface area contributed by atoms with Gasteiger partial charge in [-0.1, -0.05) is 35.0 Å². The van der Waals surface area contributed by atoms with Crippen LogP contribution in [0.25, 0.3) is 0 Å². The smallest absolute Gasteiger partial charge is 0.333 e. The van der Waals surface area contributed by atoms with Gasteiger partial charge in [0.1, 0.15) is 19.0 Å². The van der Waals surface area contributed by atoms with Crippen LogP contribution in [0.15, 0.2) is 40.4 Å². The molecule has 0 saturated heterocycles. The van der Waals surface area contributed by atoms with E-state index >= 15 is 0 Å². The van der Waals surface area contributed by atoms with E-state index < -0.39 is 0 Å². The van der Waals surface area contributed by atoms with Gasteiger partial charge in [0.2, 0.25) is 0 Å². The minimum Gasteiger partial charge on any atom is -0.490 e. The molecule has 1 aromatic carbocycles. The molecule has 0 radical (unpaired) electrons. The number of allylic oxidation sites excluding steroid dienone is 1. The molecule has 0 heterocycles. The third-order valence-corrected chi connectivity index (χ3v) is 2.71. The van der Waals surface area contributed by atoms with E-state index in [1.165, 1.54) is 0 Å². The van der Waals surface area contributed by atoms with Crippen LogP contribution < -0.4 is 4.74 Å². The predicted octanol–water partition coefficient (Wildman–Crippen LogP) is 3.73. The van der Waals surface area contributed by atoms with E-state index in [1.807, 2.05) is 37.3 Å². The van der Waals surface area contributed by atoms with Crippen molar-refractivity contribution in [1.82, 2.24) is 0 Å². The topological polar surface area (TPSA) is 35.5 Å². The Balaban J connectivity index is 2.27. The molecule has 0 unspecified atom stereocenters. The summed E-state index contributed by atoms with van der Waals surface area (Å²) in [6.45, 7) is 4.33. The predicted molar refractivity (Wildman–Crippen MR) is 74.6 cm³/mol. The molecular weight excluding hydrogens is 296 g/mol. The zero-order chi connectivity index (χ0) is 13.4. The van der Waals surface area contributed by atoms with Gasteiger partial charge in [0.25, 0.3) is 0 Å². The summed E-state index contributed by atoms with van der Waals surface area (Å²) in [6.07, 6.45) is 2.67. The molecule has 0 aliphatic heterocycles. The minimum absolute atomic E-state index is 0.250. The van der Waals surface area contributed by atoms with E-state index in [2.05, 4.69) is 15.9 Å². The van der Waals surface area contributed by atoms with Gasteiger partial charge >= 0.3 is 5.97 Å². The Kier molecular flexibility index (Phi) is 6.50. The van der Waals surface area contributed by atoms with Crippen LogP contribution in [0.4, 0.5) is 0 Å². The third-order valence-electron chi connectivity index (χ3n) is 2.21. The number of rotatable bonds is 6. The number of carbonyl (C=O) groups excluding carboxylic acids is 1. The maximum absolute atomic E-state index is 11.4. The second-order valence-electron chi connectivity index (χ2n) is 3.74. The Labute approximate surface area is 116 Å². The minimum atomic E-state index is -0.283. The summed E-state index contributed by atoms with van der Waals surface area (Å²) in [5, 5.41) is 0. The fourth-order valence-electron chi connectivity index (χ4n) is 1.35. The number of esters is 1. The Morgan fingerprint density at radius 2 is 2.17 bits per heavy atom. The van der Waals surface area contributed by atoms with Gasteiger partial charge in [-0.2, -0.15) is 0 Å². The van der Waals surface area contributed by atoms with Crippen LogP contribution in [0.1, 0.15) is 20.3 Å². The van der Waals surface area contributed by atoms with Gasteiger partial charge < -0.3 is 9.47 Å². The second kappa shape index (κ2) is 7.93. The maximum atomic E-state index is 11.4. The Morgan fingerprint density at radius 1 is 1.39 bits per heavy atom. The van der Waals surface area contributed by atoms with Crippen LogP contribution in [0.2, 0.25) is 0 Å². The summed E-state index contributed by atoms with van der Waals surface area (Å²) in [5.74, 6) is 0.468. The summed E-state index contributed by atoms with van der Waals surface area (Å²) in [6, 6.07) is 7.53. The van der Waals surface area contributed by atoms with Crippen LogP contribution in [0.5, 0.6) is 5.75 Å². The van der Waals surface area contributed by atoms with E-state index in [1.54, 1.807) is 6.92 Å². The fourth-order valence-corrected chi connectivity index (χ4v) is 1.73. The van der Waals surface area contributed by atoms with Crippen LogP contribution in [0, 0.1) is 0 Å². The molecule has 0 bridgehead atoms. The number of benzene rings is 1. The summed E-state index contributed by atoms with van der Waals surface area (Å²) in [5.41, 5.74) is 0.639. The van der Waals surface area contributed by atoms with Crippen molar-refractivity contribution in [2.75, 3.05) is 13.2 Å². The van der Waals surface area contributed by atoms with E-state index in [9.17, 15) is 4.79 Å². The molecule has 0 spiro atoms. The van der Waals surface area contributed by atoms with Gasteiger partial charge in [0, 0.05) is 10.0 Å². The number of hydrogen-bond donors (Lipinski definition) is 0. The lowest BCUT2D eigenvalue weighted by atomic mass is 10.2. The van der Waals surface area contributed by atoms with E-state index in [0.29, 0.717) is 12.2 Å². The first-order valence-corrected chi connectivity index (χ1v) is 6.65. The van der Waals surface area contributed by atoms with Gasteiger partial charge in [-0.05, 0) is 31.5 Å². The van der Waals surface area contributed by atoms with Crippen molar-refractivity contribution in [1.29, 1.82) is 0 Å². The van der Waals surface area contributed by atoms with Gasteiger partial charge in [0.15, 0.2) is 0 Å². The second-order valence-corrected chi connectivity index (χ2v) is 4.65. The van der Waals surface area contributed by atoms with Gasteiger partial charge in [0.05, 0.1) is 0 Å². The van der Waals surface area contributed by atoms with Crippen molar-refractivity contribution in [3.63, 3.8) is 0 Å². The molecule has 0 aromatic heterocycles. The van der Waals surface area contributed by atoms with E-state index in [4.69, 9.17) is 9.47 Å². The first kappa shape index (κ1) is 14.8. The SMILES string of the molecule is CC/C=C(/C)C(=O)OCCOc1cccc(Br)c1. The van der Waals surface area contributed by atoms with Crippen LogP contribution in [-0.4, -0.2) is 19.2 Å². The van der Waals surface area contributed by atoms with Gasteiger partial charge in [-0.25, -0.2) is 4.79 Å². The van der Waals surface area contributed by atoms with Crippen molar-refractivity contribution in [3.05, 3.63) is 40.4 Å². The van der Waals surface area contributed by atoms with Gasteiger partial charge in [-0.15, -0.1) is 0 Å². The number of hydrogen-bond acceptors (Lipinski definition) is 3. The quantitative estimate of drug-likeness (QED) is 0.456. The standard InChI is InChI=1S/C14H17BrO3/c1-3-5-11(2)14(16)18-9-8-17-13-7-4-6-12(15)10-13/h4-7,10H,3,8-9H2,1-2H3/b11-5-. The number of halogens is 1. The molecule has 1 aromatic rings. The summed E-state index contributed by atoms with van der Waals surface area (Å²) in [4.78, 5) is 11.4. The zero-order valence-corrected chi connectivity index (χ0v) is 12.2. The Bertz CT molecular complexity index is 427. The Morgan fingerprint density at radius 3 is 2.83 bits per heavy atom. The molecule has 0 fully saturated rings. The lowest BCUT2D eigenvalue weighted by Crippen LogP contribution is -2.12. The first-order chi connectivity index (χ1) is 8.63. The average molecular weight is 313 g/mol. The summed E-state index contributed by atoms with van der Waals surface area (Å²) in [7, 11) is 0. The van der Waals surface area contributed by atoms with Crippen molar-refractivity contribution in [3.8, 4) is 5.75 Å². The number of carbonyl (C=O) groups is 1. The normalized spacial score (nSPS) is 11.2. The summed E-state index contributed by atoms with van der Waals surface area (Å²) >= 11 is 3.36. The molecule has 0 N–H and O–H groups in total. The largest absolute Gasteiger partial charge is 0.490 e. The van der Waals surface area contributed by atoms with Crippen molar-refractivity contribution >= 4 is 21.9 Å². The molecule has 18 heavy (non-hydrogen) atoms. The highest BCUT2D eigenvalue weighted by Gasteiger charge is 2.04. The molecule has 0 amide bonds. The maximum Gasteiger partial charge on any atom is 0.333 e. The number of ether oxygens (including phenoxy) is 2. The molecule has 4 heteroatoms.